The predicted octanol–water partition coefficient (Wildman–Crippen LogP) is 2.72. The normalized spacial score (nSPS) is 18.3. The fraction of sp³-hybridized carbons (Fsp3) is 0.611. The lowest BCUT2D eigenvalue weighted by atomic mass is 10.2. The number of nitrogens with one attached hydrogen (secondary N) is 1. The number of hydrogen-bond acceptors (Lipinski definition) is 3. The van der Waals surface area contributed by atoms with E-state index in [1.54, 1.807) is 0 Å². The van der Waals surface area contributed by atoms with Gasteiger partial charge in [-0.1, -0.05) is 18.2 Å². The molecule has 1 aliphatic rings. The average molecular weight is 319 g/mol. The third kappa shape index (κ3) is 5.75. The number of ether oxygens (including phenoxy) is 1. The highest BCUT2D eigenvalue weighted by Gasteiger charge is 2.21. The standard InChI is InChI=1S/C18H29N3O2/c1-16-10-14-23-15-13-21(16)18(22)19-11-6-7-12-20(2)17-8-4-3-5-9-17/h3-5,8-9,16H,6-7,10-15H2,1-2H3,(H,19,22)/t16-/m0/s1. The summed E-state index contributed by atoms with van der Waals surface area (Å²) in [5.41, 5.74) is 1.23. The highest BCUT2D eigenvalue weighted by molar-refractivity contribution is 5.74. The number of hydrogen-bond donors (Lipinski definition) is 1. The Balaban J connectivity index is 1.62. The summed E-state index contributed by atoms with van der Waals surface area (Å²) in [6, 6.07) is 10.7. The molecule has 5 heteroatoms. The van der Waals surface area contributed by atoms with Crippen LogP contribution in [0.5, 0.6) is 0 Å². The van der Waals surface area contributed by atoms with Gasteiger partial charge in [0.2, 0.25) is 0 Å². The van der Waals surface area contributed by atoms with Crippen molar-refractivity contribution < 1.29 is 9.53 Å². The molecule has 0 bridgehead atoms. The number of amides is 2. The minimum absolute atomic E-state index is 0.0411. The van der Waals surface area contributed by atoms with Crippen LogP contribution in [0, 0.1) is 0 Å². The molecule has 0 aromatic heterocycles. The molecule has 1 aliphatic heterocycles. The number of rotatable bonds is 6. The van der Waals surface area contributed by atoms with Gasteiger partial charge < -0.3 is 19.9 Å². The number of urea groups is 1. The van der Waals surface area contributed by atoms with Crippen molar-refractivity contribution in [1.82, 2.24) is 10.2 Å². The van der Waals surface area contributed by atoms with Gasteiger partial charge in [-0.2, -0.15) is 0 Å². The monoisotopic (exact) mass is 319 g/mol. The van der Waals surface area contributed by atoms with Crippen LogP contribution >= 0.6 is 0 Å². The first kappa shape index (κ1) is 17.6. The second-order valence-electron chi connectivity index (χ2n) is 6.14. The summed E-state index contributed by atoms with van der Waals surface area (Å²) < 4.78 is 5.43. The first-order valence-corrected chi connectivity index (χ1v) is 8.57. The fourth-order valence-electron chi connectivity index (χ4n) is 2.78. The van der Waals surface area contributed by atoms with Gasteiger partial charge in [0, 0.05) is 45.0 Å². The quantitative estimate of drug-likeness (QED) is 0.820. The molecule has 1 saturated heterocycles. The highest BCUT2D eigenvalue weighted by Crippen LogP contribution is 2.11. The van der Waals surface area contributed by atoms with Gasteiger partial charge in [-0.25, -0.2) is 4.79 Å². The molecule has 1 heterocycles. The molecule has 0 saturated carbocycles. The van der Waals surface area contributed by atoms with Crippen molar-refractivity contribution in [1.29, 1.82) is 0 Å². The maximum absolute atomic E-state index is 12.2. The van der Waals surface area contributed by atoms with Crippen LogP contribution in [0.3, 0.4) is 0 Å². The maximum Gasteiger partial charge on any atom is 0.317 e. The van der Waals surface area contributed by atoms with Crippen molar-refractivity contribution >= 4 is 11.7 Å². The SMILES string of the molecule is C[C@H]1CCOCCN1C(=O)NCCCCN(C)c1ccccc1. The third-order valence-electron chi connectivity index (χ3n) is 4.34. The second kappa shape index (κ2) is 9.40. The average Bonchev–Trinajstić information content (AvgIpc) is 2.79. The molecule has 0 unspecified atom stereocenters. The van der Waals surface area contributed by atoms with E-state index in [0.29, 0.717) is 13.2 Å². The Labute approximate surface area is 139 Å². The molecule has 2 rings (SSSR count). The Bertz CT molecular complexity index is 467. The number of carbonyl (C=O) groups excluding carboxylic acids is 1. The van der Waals surface area contributed by atoms with E-state index in [4.69, 9.17) is 4.74 Å². The number of para-hydroxylation sites is 1. The summed E-state index contributed by atoms with van der Waals surface area (Å²) >= 11 is 0. The first-order valence-electron chi connectivity index (χ1n) is 8.57. The summed E-state index contributed by atoms with van der Waals surface area (Å²) in [6.07, 6.45) is 2.96. The first-order chi connectivity index (χ1) is 11.2. The molecular formula is C18H29N3O2. The molecule has 128 valence electrons. The lowest BCUT2D eigenvalue weighted by molar-refractivity contribution is 0.142. The lowest BCUT2D eigenvalue weighted by Crippen LogP contribution is -2.45. The van der Waals surface area contributed by atoms with Crippen LogP contribution in [-0.2, 0) is 4.74 Å². The number of carbonyl (C=O) groups is 1. The summed E-state index contributed by atoms with van der Waals surface area (Å²) in [7, 11) is 2.10. The molecular weight excluding hydrogens is 290 g/mol. The summed E-state index contributed by atoms with van der Waals surface area (Å²) in [5, 5.41) is 3.04. The van der Waals surface area contributed by atoms with Crippen molar-refractivity contribution in [3.63, 3.8) is 0 Å². The lowest BCUT2D eigenvalue weighted by Gasteiger charge is -2.26. The van der Waals surface area contributed by atoms with E-state index in [1.807, 2.05) is 11.0 Å². The van der Waals surface area contributed by atoms with E-state index in [0.717, 1.165) is 39.0 Å². The molecule has 23 heavy (non-hydrogen) atoms. The molecule has 1 aromatic carbocycles. The van der Waals surface area contributed by atoms with E-state index in [9.17, 15) is 4.79 Å². The minimum atomic E-state index is 0.0411. The Morgan fingerprint density at radius 3 is 2.87 bits per heavy atom. The zero-order chi connectivity index (χ0) is 16.5. The Kier molecular flexibility index (Phi) is 7.20. The van der Waals surface area contributed by atoms with Crippen LogP contribution in [0.4, 0.5) is 10.5 Å². The van der Waals surface area contributed by atoms with Gasteiger partial charge in [-0.15, -0.1) is 0 Å². The van der Waals surface area contributed by atoms with Crippen molar-refractivity contribution in [2.45, 2.75) is 32.2 Å². The van der Waals surface area contributed by atoms with E-state index in [1.165, 1.54) is 5.69 Å². The number of benzene rings is 1. The van der Waals surface area contributed by atoms with E-state index < -0.39 is 0 Å². The molecule has 0 radical (unpaired) electrons. The molecule has 1 atom stereocenters. The van der Waals surface area contributed by atoms with Gasteiger partial charge >= 0.3 is 6.03 Å². The van der Waals surface area contributed by atoms with Gasteiger partial charge in [0.25, 0.3) is 0 Å². The third-order valence-corrected chi connectivity index (χ3v) is 4.34. The van der Waals surface area contributed by atoms with Crippen LogP contribution < -0.4 is 10.2 Å². The Morgan fingerprint density at radius 2 is 2.09 bits per heavy atom. The van der Waals surface area contributed by atoms with Gasteiger partial charge in [-0.3, -0.25) is 0 Å². The molecule has 1 fully saturated rings. The molecule has 5 nitrogen and oxygen atoms in total. The summed E-state index contributed by atoms with van der Waals surface area (Å²) in [4.78, 5) is 16.4. The van der Waals surface area contributed by atoms with Crippen LogP contribution in [-0.4, -0.2) is 56.9 Å². The molecule has 2 amide bonds. The van der Waals surface area contributed by atoms with Gasteiger partial charge in [0.15, 0.2) is 0 Å². The Hall–Kier alpha value is -1.75. The van der Waals surface area contributed by atoms with Gasteiger partial charge in [0.1, 0.15) is 0 Å². The van der Waals surface area contributed by atoms with E-state index in [2.05, 4.69) is 48.5 Å². The van der Waals surface area contributed by atoms with Crippen LogP contribution in [0.2, 0.25) is 0 Å². The smallest absolute Gasteiger partial charge is 0.317 e. The predicted molar refractivity (Wildman–Crippen MR) is 93.9 cm³/mol. The van der Waals surface area contributed by atoms with Crippen molar-refractivity contribution in [2.24, 2.45) is 0 Å². The highest BCUT2D eigenvalue weighted by atomic mass is 16.5. The van der Waals surface area contributed by atoms with E-state index >= 15 is 0 Å². The molecule has 0 aliphatic carbocycles. The van der Waals surface area contributed by atoms with Gasteiger partial charge in [-0.05, 0) is 38.3 Å². The molecule has 0 spiro atoms. The fourth-order valence-corrected chi connectivity index (χ4v) is 2.78. The molecule has 1 aromatic rings. The maximum atomic E-state index is 12.2. The second-order valence-corrected chi connectivity index (χ2v) is 6.14. The van der Waals surface area contributed by atoms with Crippen LogP contribution in [0.25, 0.3) is 0 Å². The number of unbranched alkanes of at least 4 members (excludes halogenated alkanes) is 1. The van der Waals surface area contributed by atoms with Crippen molar-refractivity contribution in [3.8, 4) is 0 Å². The van der Waals surface area contributed by atoms with E-state index in [-0.39, 0.29) is 12.1 Å². The summed E-state index contributed by atoms with van der Waals surface area (Å²) in [5.74, 6) is 0. The van der Waals surface area contributed by atoms with Crippen molar-refractivity contribution in [3.05, 3.63) is 30.3 Å². The largest absolute Gasteiger partial charge is 0.380 e. The number of nitrogens with zero attached hydrogens (tertiary/aromatic N) is 2. The summed E-state index contributed by atoms with van der Waals surface area (Å²) in [6.45, 7) is 5.88. The zero-order valence-corrected chi connectivity index (χ0v) is 14.3. The van der Waals surface area contributed by atoms with Crippen LogP contribution in [0.1, 0.15) is 26.2 Å². The number of anilines is 1. The van der Waals surface area contributed by atoms with Gasteiger partial charge in [0.05, 0.1) is 6.61 Å². The van der Waals surface area contributed by atoms with Crippen molar-refractivity contribution in [2.75, 3.05) is 44.8 Å². The molecule has 1 N–H and O–H groups in total. The Morgan fingerprint density at radius 1 is 1.30 bits per heavy atom. The van der Waals surface area contributed by atoms with Crippen LogP contribution in [0.15, 0.2) is 30.3 Å². The minimum Gasteiger partial charge on any atom is -0.380 e. The zero-order valence-electron chi connectivity index (χ0n) is 14.3. The topological polar surface area (TPSA) is 44.8 Å².